The molecule has 3 rings (SSSR count). The largest absolute Gasteiger partial charge is 0.352 e. The summed E-state index contributed by atoms with van der Waals surface area (Å²) in [4.78, 5) is 26.2. The van der Waals surface area contributed by atoms with Gasteiger partial charge in [-0.05, 0) is 42.0 Å². The molecule has 0 unspecified atom stereocenters. The maximum atomic E-state index is 12.3. The van der Waals surface area contributed by atoms with E-state index in [0.29, 0.717) is 18.1 Å². The molecule has 4 nitrogen and oxygen atoms in total. The summed E-state index contributed by atoms with van der Waals surface area (Å²) < 4.78 is 0.954. The average Bonchev–Trinajstić information content (AvgIpc) is 2.97. The molecule has 1 atom stereocenters. The highest BCUT2D eigenvalue weighted by molar-refractivity contribution is 9.10. The number of anilines is 1. The maximum absolute atomic E-state index is 12.3. The number of benzene rings is 2. The number of carbonyl (C=O) groups excluding carboxylic acids is 2. The molecule has 1 N–H and O–H groups in total. The number of amides is 2. The number of halogens is 2. The summed E-state index contributed by atoms with van der Waals surface area (Å²) in [5.74, 6) is -0.449. The van der Waals surface area contributed by atoms with Crippen LogP contribution in [0.15, 0.2) is 53.0 Å². The van der Waals surface area contributed by atoms with Crippen LogP contribution in [0.25, 0.3) is 0 Å². The molecule has 2 aromatic rings. The summed E-state index contributed by atoms with van der Waals surface area (Å²) in [5.41, 5.74) is 1.79. The zero-order valence-corrected chi connectivity index (χ0v) is 15.2. The molecule has 2 amide bonds. The summed E-state index contributed by atoms with van der Waals surface area (Å²) in [5, 5.41) is 3.56. The Bertz CT molecular complexity index is 747. The van der Waals surface area contributed by atoms with Crippen LogP contribution in [-0.2, 0) is 16.1 Å². The minimum Gasteiger partial charge on any atom is -0.352 e. The number of rotatable bonds is 4. The first kappa shape index (κ1) is 17.0. The Kier molecular flexibility index (Phi) is 5.21. The highest BCUT2D eigenvalue weighted by atomic mass is 79.9. The molecule has 0 aromatic heterocycles. The van der Waals surface area contributed by atoms with Crippen LogP contribution in [0.3, 0.4) is 0 Å². The lowest BCUT2D eigenvalue weighted by atomic mass is 10.1. The quantitative estimate of drug-likeness (QED) is 0.839. The standard InChI is InChI=1S/C18H16BrClN2O2/c19-14-3-7-16(8-4-14)22-11-13(9-17(22)23)18(24)21-10-12-1-5-15(20)6-2-12/h1-8,13H,9-11H2,(H,21,24)/t13-/m0/s1. The zero-order chi connectivity index (χ0) is 17.1. The molecule has 124 valence electrons. The van der Waals surface area contributed by atoms with E-state index in [1.807, 2.05) is 36.4 Å². The molecular formula is C18H16BrClN2O2. The molecule has 1 aliphatic heterocycles. The van der Waals surface area contributed by atoms with Gasteiger partial charge in [0.15, 0.2) is 0 Å². The summed E-state index contributed by atoms with van der Waals surface area (Å²) in [7, 11) is 0. The monoisotopic (exact) mass is 406 g/mol. The Morgan fingerprint density at radius 1 is 1.17 bits per heavy atom. The molecule has 6 heteroatoms. The fraction of sp³-hybridized carbons (Fsp3) is 0.222. The van der Waals surface area contributed by atoms with E-state index in [9.17, 15) is 9.59 Å². The van der Waals surface area contributed by atoms with Crippen molar-refractivity contribution in [1.29, 1.82) is 0 Å². The number of nitrogens with zero attached hydrogens (tertiary/aromatic N) is 1. The van der Waals surface area contributed by atoms with Crippen LogP contribution in [0.1, 0.15) is 12.0 Å². The van der Waals surface area contributed by atoms with Crippen LogP contribution in [0.4, 0.5) is 5.69 Å². The highest BCUT2D eigenvalue weighted by Crippen LogP contribution is 2.26. The minimum atomic E-state index is -0.326. The lowest BCUT2D eigenvalue weighted by Gasteiger charge is -2.16. The molecule has 2 aromatic carbocycles. The van der Waals surface area contributed by atoms with Gasteiger partial charge in [-0.1, -0.05) is 39.7 Å². The molecular weight excluding hydrogens is 392 g/mol. The van der Waals surface area contributed by atoms with Crippen molar-refractivity contribution < 1.29 is 9.59 Å². The van der Waals surface area contributed by atoms with E-state index in [2.05, 4.69) is 21.2 Å². The van der Waals surface area contributed by atoms with Gasteiger partial charge in [-0.2, -0.15) is 0 Å². The van der Waals surface area contributed by atoms with E-state index in [1.165, 1.54) is 0 Å². The van der Waals surface area contributed by atoms with Crippen molar-refractivity contribution in [2.45, 2.75) is 13.0 Å². The molecule has 1 fully saturated rings. The van der Waals surface area contributed by atoms with Crippen molar-refractivity contribution in [3.05, 3.63) is 63.6 Å². The smallest absolute Gasteiger partial charge is 0.227 e. The van der Waals surface area contributed by atoms with Gasteiger partial charge in [-0.3, -0.25) is 9.59 Å². The van der Waals surface area contributed by atoms with Crippen LogP contribution in [0.5, 0.6) is 0 Å². The predicted molar refractivity (Wildman–Crippen MR) is 97.9 cm³/mol. The van der Waals surface area contributed by atoms with E-state index in [0.717, 1.165) is 15.7 Å². The van der Waals surface area contributed by atoms with Crippen molar-refractivity contribution in [2.75, 3.05) is 11.4 Å². The first-order chi connectivity index (χ1) is 11.5. The van der Waals surface area contributed by atoms with Crippen molar-refractivity contribution in [3.63, 3.8) is 0 Å². The molecule has 0 bridgehead atoms. The topological polar surface area (TPSA) is 49.4 Å². The summed E-state index contributed by atoms with van der Waals surface area (Å²) in [6, 6.07) is 14.8. The predicted octanol–water partition coefficient (Wildman–Crippen LogP) is 3.77. The van der Waals surface area contributed by atoms with Gasteiger partial charge in [-0.15, -0.1) is 0 Å². The van der Waals surface area contributed by atoms with Gasteiger partial charge in [-0.25, -0.2) is 0 Å². The second-order valence-electron chi connectivity index (χ2n) is 5.73. The Morgan fingerprint density at radius 2 is 1.83 bits per heavy atom. The minimum absolute atomic E-state index is 0.0241. The Labute approximate surface area is 153 Å². The molecule has 0 radical (unpaired) electrons. The Balaban J connectivity index is 1.59. The first-order valence-electron chi connectivity index (χ1n) is 7.61. The lowest BCUT2D eigenvalue weighted by molar-refractivity contribution is -0.126. The normalized spacial score (nSPS) is 17.2. The van der Waals surface area contributed by atoms with Crippen molar-refractivity contribution >= 4 is 45.0 Å². The lowest BCUT2D eigenvalue weighted by Crippen LogP contribution is -2.32. The fourth-order valence-electron chi connectivity index (χ4n) is 2.69. The second kappa shape index (κ2) is 7.36. The summed E-state index contributed by atoms with van der Waals surface area (Å²) >= 11 is 9.22. The van der Waals surface area contributed by atoms with Crippen LogP contribution < -0.4 is 10.2 Å². The Hall–Kier alpha value is -1.85. The van der Waals surface area contributed by atoms with Gasteiger partial charge in [0.2, 0.25) is 11.8 Å². The first-order valence-corrected chi connectivity index (χ1v) is 8.78. The van der Waals surface area contributed by atoms with E-state index in [4.69, 9.17) is 11.6 Å². The second-order valence-corrected chi connectivity index (χ2v) is 7.08. The molecule has 0 aliphatic carbocycles. The van der Waals surface area contributed by atoms with Crippen molar-refractivity contribution in [2.24, 2.45) is 5.92 Å². The van der Waals surface area contributed by atoms with E-state index >= 15 is 0 Å². The Morgan fingerprint density at radius 3 is 2.50 bits per heavy atom. The van der Waals surface area contributed by atoms with Crippen molar-refractivity contribution in [1.82, 2.24) is 5.32 Å². The van der Waals surface area contributed by atoms with Crippen LogP contribution in [-0.4, -0.2) is 18.4 Å². The third-order valence-corrected chi connectivity index (χ3v) is 4.79. The van der Waals surface area contributed by atoms with Gasteiger partial charge >= 0.3 is 0 Å². The number of nitrogens with one attached hydrogen (secondary N) is 1. The maximum Gasteiger partial charge on any atom is 0.227 e. The van der Waals surface area contributed by atoms with Gasteiger partial charge in [0.25, 0.3) is 0 Å². The van der Waals surface area contributed by atoms with Crippen LogP contribution in [0, 0.1) is 5.92 Å². The van der Waals surface area contributed by atoms with Gasteiger partial charge in [0, 0.05) is 34.7 Å². The van der Waals surface area contributed by atoms with E-state index in [-0.39, 0.29) is 24.2 Å². The highest BCUT2D eigenvalue weighted by Gasteiger charge is 2.34. The van der Waals surface area contributed by atoms with Gasteiger partial charge in [0.05, 0.1) is 5.92 Å². The third kappa shape index (κ3) is 3.97. The summed E-state index contributed by atoms with van der Waals surface area (Å²) in [6.45, 7) is 0.839. The third-order valence-electron chi connectivity index (χ3n) is 4.01. The van der Waals surface area contributed by atoms with Crippen molar-refractivity contribution in [3.8, 4) is 0 Å². The fourth-order valence-corrected chi connectivity index (χ4v) is 3.08. The molecule has 1 saturated heterocycles. The molecule has 0 spiro atoms. The number of hydrogen-bond donors (Lipinski definition) is 1. The summed E-state index contributed by atoms with van der Waals surface area (Å²) in [6.07, 6.45) is 0.239. The van der Waals surface area contributed by atoms with E-state index in [1.54, 1.807) is 17.0 Å². The number of carbonyl (C=O) groups is 2. The van der Waals surface area contributed by atoms with Gasteiger partial charge < -0.3 is 10.2 Å². The molecule has 1 aliphatic rings. The zero-order valence-electron chi connectivity index (χ0n) is 12.8. The van der Waals surface area contributed by atoms with Crippen LogP contribution >= 0.6 is 27.5 Å². The molecule has 1 heterocycles. The molecule has 24 heavy (non-hydrogen) atoms. The number of hydrogen-bond acceptors (Lipinski definition) is 2. The SMILES string of the molecule is O=C(NCc1ccc(Cl)cc1)[C@H]1CC(=O)N(c2ccc(Br)cc2)C1. The van der Waals surface area contributed by atoms with Gasteiger partial charge in [0.1, 0.15) is 0 Å². The average molecular weight is 408 g/mol. The van der Waals surface area contributed by atoms with Crippen LogP contribution in [0.2, 0.25) is 5.02 Å². The molecule has 0 saturated carbocycles. The van der Waals surface area contributed by atoms with E-state index < -0.39 is 0 Å².